The Balaban J connectivity index is 2.41. The number of ether oxygens (including phenoxy) is 1. The van der Waals surface area contributed by atoms with Gasteiger partial charge in [0.15, 0.2) is 5.69 Å². The van der Waals surface area contributed by atoms with E-state index < -0.39 is 11.2 Å². The van der Waals surface area contributed by atoms with Crippen LogP contribution in [0.2, 0.25) is 0 Å². The number of hydrogen-bond acceptors (Lipinski definition) is 4. The number of hydrogen-bond donors (Lipinski definition) is 2. The van der Waals surface area contributed by atoms with Gasteiger partial charge in [0.2, 0.25) is 5.75 Å². The third-order valence-corrected chi connectivity index (χ3v) is 4.24. The standard InChI is InChI=1S/C16H25N3O4/c1-15(2)6-7-19(9-16(3,4)8-15)13(21)10-11(23-5)12(20)18-14(22)17-10/h6-9H2,1-5H3,(H2,17,18,20,22). The van der Waals surface area contributed by atoms with Crippen LogP contribution in [0.15, 0.2) is 9.59 Å². The summed E-state index contributed by atoms with van der Waals surface area (Å²) in [6.45, 7) is 9.77. The average Bonchev–Trinajstić information content (AvgIpc) is 2.51. The van der Waals surface area contributed by atoms with Crippen molar-refractivity contribution < 1.29 is 9.53 Å². The summed E-state index contributed by atoms with van der Waals surface area (Å²) in [4.78, 5) is 42.4. The van der Waals surface area contributed by atoms with Crippen molar-refractivity contribution in [1.82, 2.24) is 14.9 Å². The summed E-state index contributed by atoms with van der Waals surface area (Å²) in [5.74, 6) is -0.535. The van der Waals surface area contributed by atoms with Crippen LogP contribution in [0.25, 0.3) is 0 Å². The molecular formula is C16H25N3O4. The van der Waals surface area contributed by atoms with Crippen molar-refractivity contribution in [3.05, 3.63) is 26.5 Å². The third-order valence-electron chi connectivity index (χ3n) is 4.24. The van der Waals surface area contributed by atoms with Crippen LogP contribution < -0.4 is 16.0 Å². The van der Waals surface area contributed by atoms with Gasteiger partial charge in [-0.15, -0.1) is 0 Å². The van der Waals surface area contributed by atoms with Crippen molar-refractivity contribution in [2.75, 3.05) is 20.2 Å². The fraction of sp³-hybridized carbons (Fsp3) is 0.688. The third kappa shape index (κ3) is 3.83. The Labute approximate surface area is 135 Å². The molecule has 23 heavy (non-hydrogen) atoms. The zero-order chi connectivity index (χ0) is 17.4. The second-order valence-electron chi connectivity index (χ2n) is 7.80. The minimum Gasteiger partial charge on any atom is -0.489 e. The molecule has 7 heteroatoms. The Kier molecular flexibility index (Phi) is 4.41. The molecule has 0 aromatic carbocycles. The summed E-state index contributed by atoms with van der Waals surface area (Å²) in [6.07, 6.45) is 1.85. The molecule has 2 rings (SSSR count). The fourth-order valence-corrected chi connectivity index (χ4v) is 3.62. The van der Waals surface area contributed by atoms with Gasteiger partial charge >= 0.3 is 5.69 Å². The number of nitrogens with one attached hydrogen (secondary N) is 2. The van der Waals surface area contributed by atoms with Crippen LogP contribution in [0.4, 0.5) is 0 Å². The SMILES string of the molecule is COc1c(C(=O)N2CCC(C)(C)CC(C)(C)C2)[nH]c(=O)[nH]c1=O. The Morgan fingerprint density at radius 1 is 1.13 bits per heavy atom. The van der Waals surface area contributed by atoms with E-state index >= 15 is 0 Å². The van der Waals surface area contributed by atoms with E-state index in [9.17, 15) is 14.4 Å². The van der Waals surface area contributed by atoms with Gasteiger partial charge in [0.25, 0.3) is 11.5 Å². The molecule has 7 nitrogen and oxygen atoms in total. The number of rotatable bonds is 2. The molecule has 0 aliphatic carbocycles. The molecule has 1 fully saturated rings. The predicted octanol–water partition coefficient (Wildman–Crippen LogP) is 1.36. The highest BCUT2D eigenvalue weighted by Crippen LogP contribution is 2.40. The zero-order valence-electron chi connectivity index (χ0n) is 14.4. The Morgan fingerprint density at radius 3 is 2.39 bits per heavy atom. The molecule has 1 amide bonds. The maximum Gasteiger partial charge on any atom is 0.326 e. The summed E-state index contributed by atoms with van der Waals surface area (Å²) in [7, 11) is 1.30. The maximum atomic E-state index is 12.9. The molecule has 2 N–H and O–H groups in total. The first-order valence-electron chi connectivity index (χ1n) is 7.75. The first-order valence-corrected chi connectivity index (χ1v) is 7.75. The van der Waals surface area contributed by atoms with Crippen molar-refractivity contribution in [1.29, 1.82) is 0 Å². The number of likely N-dealkylation sites (tertiary alicyclic amines) is 1. The first-order chi connectivity index (χ1) is 10.5. The van der Waals surface area contributed by atoms with Crippen LogP contribution in [0.1, 0.15) is 51.0 Å². The molecule has 1 aliphatic rings. The molecular weight excluding hydrogens is 298 g/mol. The van der Waals surface area contributed by atoms with Crippen molar-refractivity contribution >= 4 is 5.91 Å². The highest BCUT2D eigenvalue weighted by atomic mass is 16.5. The molecule has 128 valence electrons. The summed E-state index contributed by atoms with van der Waals surface area (Å²) in [5.41, 5.74) is -1.42. The van der Waals surface area contributed by atoms with E-state index in [1.807, 2.05) is 0 Å². The molecule has 0 unspecified atom stereocenters. The number of amides is 1. The van der Waals surface area contributed by atoms with Crippen molar-refractivity contribution in [2.24, 2.45) is 10.8 Å². The summed E-state index contributed by atoms with van der Waals surface area (Å²) < 4.78 is 5.01. The van der Waals surface area contributed by atoms with E-state index in [2.05, 4.69) is 37.7 Å². The molecule has 0 bridgehead atoms. The number of carbonyl (C=O) groups is 1. The number of methoxy groups -OCH3 is 1. The van der Waals surface area contributed by atoms with Gasteiger partial charge in [-0.2, -0.15) is 0 Å². The van der Waals surface area contributed by atoms with Gasteiger partial charge in [-0.3, -0.25) is 19.6 Å². The average molecular weight is 323 g/mol. The number of aromatic nitrogens is 2. The quantitative estimate of drug-likeness (QED) is 0.859. The normalized spacial score (nSPS) is 20.0. The predicted molar refractivity (Wildman–Crippen MR) is 86.9 cm³/mol. The van der Waals surface area contributed by atoms with Gasteiger partial charge in [-0.1, -0.05) is 27.7 Å². The van der Waals surface area contributed by atoms with Crippen LogP contribution >= 0.6 is 0 Å². The Morgan fingerprint density at radius 2 is 1.78 bits per heavy atom. The van der Waals surface area contributed by atoms with E-state index in [4.69, 9.17) is 4.74 Å². The number of aromatic amines is 2. The number of carbonyl (C=O) groups excluding carboxylic acids is 1. The highest BCUT2D eigenvalue weighted by Gasteiger charge is 2.37. The maximum absolute atomic E-state index is 12.9. The molecule has 1 saturated heterocycles. The van der Waals surface area contributed by atoms with Gasteiger partial charge in [0.1, 0.15) is 0 Å². The van der Waals surface area contributed by atoms with Crippen LogP contribution in [0.5, 0.6) is 5.75 Å². The largest absolute Gasteiger partial charge is 0.489 e. The van der Waals surface area contributed by atoms with E-state index in [0.717, 1.165) is 12.8 Å². The lowest BCUT2D eigenvalue weighted by atomic mass is 9.75. The van der Waals surface area contributed by atoms with Gasteiger partial charge in [-0.25, -0.2) is 4.79 Å². The molecule has 2 heterocycles. The molecule has 1 aromatic heterocycles. The summed E-state index contributed by atoms with van der Waals surface area (Å²) >= 11 is 0. The number of nitrogens with zero attached hydrogens (tertiary/aromatic N) is 1. The van der Waals surface area contributed by atoms with Crippen molar-refractivity contribution in [2.45, 2.75) is 40.5 Å². The monoisotopic (exact) mass is 323 g/mol. The van der Waals surface area contributed by atoms with E-state index in [-0.39, 0.29) is 28.2 Å². The molecule has 0 spiro atoms. The van der Waals surface area contributed by atoms with Gasteiger partial charge in [0.05, 0.1) is 7.11 Å². The van der Waals surface area contributed by atoms with Crippen molar-refractivity contribution in [3.63, 3.8) is 0 Å². The molecule has 1 aromatic rings. The lowest BCUT2D eigenvalue weighted by Gasteiger charge is -2.32. The second-order valence-corrected chi connectivity index (χ2v) is 7.80. The minimum atomic E-state index is -0.714. The van der Waals surface area contributed by atoms with Gasteiger partial charge < -0.3 is 9.64 Å². The Hall–Kier alpha value is -2.05. The topological polar surface area (TPSA) is 95.3 Å². The van der Waals surface area contributed by atoms with E-state index in [0.29, 0.717) is 13.1 Å². The second kappa shape index (κ2) is 5.86. The summed E-state index contributed by atoms with van der Waals surface area (Å²) in [6, 6.07) is 0. The van der Waals surface area contributed by atoms with Crippen LogP contribution in [0, 0.1) is 10.8 Å². The fourth-order valence-electron chi connectivity index (χ4n) is 3.62. The van der Waals surface area contributed by atoms with Gasteiger partial charge in [-0.05, 0) is 23.7 Å². The zero-order valence-corrected chi connectivity index (χ0v) is 14.4. The lowest BCUT2D eigenvalue weighted by Crippen LogP contribution is -2.40. The van der Waals surface area contributed by atoms with E-state index in [1.165, 1.54) is 7.11 Å². The molecule has 1 aliphatic heterocycles. The Bertz CT molecular complexity index is 715. The molecule has 0 radical (unpaired) electrons. The van der Waals surface area contributed by atoms with Crippen LogP contribution in [0.3, 0.4) is 0 Å². The number of H-pyrrole nitrogens is 2. The summed E-state index contributed by atoms with van der Waals surface area (Å²) in [5, 5.41) is 0. The first kappa shape index (κ1) is 17.3. The van der Waals surface area contributed by atoms with Crippen LogP contribution in [-0.2, 0) is 0 Å². The van der Waals surface area contributed by atoms with Crippen LogP contribution in [-0.4, -0.2) is 41.0 Å². The van der Waals surface area contributed by atoms with Gasteiger partial charge in [0, 0.05) is 13.1 Å². The lowest BCUT2D eigenvalue weighted by molar-refractivity contribution is 0.0695. The minimum absolute atomic E-state index is 0.0512. The van der Waals surface area contributed by atoms with Crippen molar-refractivity contribution in [3.8, 4) is 5.75 Å². The van der Waals surface area contributed by atoms with E-state index in [1.54, 1.807) is 4.90 Å². The molecule has 0 saturated carbocycles. The smallest absolute Gasteiger partial charge is 0.326 e. The highest BCUT2D eigenvalue weighted by molar-refractivity contribution is 5.94. The molecule has 0 atom stereocenters.